The Bertz CT molecular complexity index is 1070. The predicted molar refractivity (Wildman–Crippen MR) is 109 cm³/mol. The van der Waals surface area contributed by atoms with Gasteiger partial charge in [0, 0.05) is 6.42 Å². The van der Waals surface area contributed by atoms with Gasteiger partial charge in [0.25, 0.3) is 10.0 Å². The van der Waals surface area contributed by atoms with E-state index in [1.165, 1.54) is 0 Å². The molecule has 3 aromatic rings. The molecular formula is C19H20N4O3S2. The van der Waals surface area contributed by atoms with E-state index in [9.17, 15) is 13.2 Å². The van der Waals surface area contributed by atoms with E-state index >= 15 is 0 Å². The summed E-state index contributed by atoms with van der Waals surface area (Å²) in [6, 6.07) is 16.4. The molecule has 0 saturated carbocycles. The first kappa shape index (κ1) is 20.1. The molecule has 28 heavy (non-hydrogen) atoms. The Labute approximate surface area is 167 Å². The van der Waals surface area contributed by atoms with Gasteiger partial charge in [0.05, 0.1) is 6.04 Å². The van der Waals surface area contributed by atoms with Crippen LogP contribution in [0.4, 0.5) is 5.13 Å². The topological polar surface area (TPSA) is 101 Å². The van der Waals surface area contributed by atoms with Crippen LogP contribution in [0.3, 0.4) is 0 Å². The molecule has 7 nitrogen and oxygen atoms in total. The van der Waals surface area contributed by atoms with E-state index in [2.05, 4.69) is 20.2 Å². The molecule has 0 aliphatic carbocycles. The normalized spacial score (nSPS) is 12.5. The number of carbonyl (C=O) groups is 1. The van der Waals surface area contributed by atoms with E-state index in [4.69, 9.17) is 0 Å². The van der Waals surface area contributed by atoms with Crippen LogP contribution in [-0.4, -0.2) is 24.5 Å². The van der Waals surface area contributed by atoms with Crippen molar-refractivity contribution in [2.45, 2.75) is 30.6 Å². The first-order chi connectivity index (χ1) is 13.4. The first-order valence-electron chi connectivity index (χ1n) is 8.67. The summed E-state index contributed by atoms with van der Waals surface area (Å²) in [7, 11) is -3.95. The predicted octanol–water partition coefficient (Wildman–Crippen LogP) is 3.26. The van der Waals surface area contributed by atoms with Crippen molar-refractivity contribution in [2.24, 2.45) is 0 Å². The Kier molecular flexibility index (Phi) is 6.18. The maximum absolute atomic E-state index is 13.0. The summed E-state index contributed by atoms with van der Waals surface area (Å²) in [5.74, 6) is -0.255. The summed E-state index contributed by atoms with van der Waals surface area (Å²) < 4.78 is 28.4. The lowest BCUT2D eigenvalue weighted by Crippen LogP contribution is -2.30. The Hall–Kier alpha value is -2.62. The second-order valence-corrected chi connectivity index (χ2v) is 8.96. The Morgan fingerprint density at radius 1 is 1.07 bits per heavy atom. The fraction of sp³-hybridized carbons (Fsp3) is 0.211. The van der Waals surface area contributed by atoms with Gasteiger partial charge in [-0.15, -0.1) is 10.2 Å². The third kappa shape index (κ3) is 4.61. The largest absolute Gasteiger partial charge is 0.301 e. The number of hydrogen-bond acceptors (Lipinski definition) is 6. The van der Waals surface area contributed by atoms with Gasteiger partial charge in [-0.25, -0.2) is 8.42 Å². The van der Waals surface area contributed by atoms with Crippen molar-refractivity contribution in [3.05, 3.63) is 71.3 Å². The van der Waals surface area contributed by atoms with Crippen molar-refractivity contribution in [3.8, 4) is 0 Å². The van der Waals surface area contributed by atoms with E-state index < -0.39 is 16.1 Å². The van der Waals surface area contributed by atoms with Gasteiger partial charge in [-0.1, -0.05) is 72.9 Å². The number of aryl methyl sites for hydroxylation is 1. The SMILES string of the molecule is CCC(=O)Nc1nnc(S(=O)(=O)N[C@H](c2ccccc2)c2ccccc2C)s1. The molecule has 9 heteroatoms. The van der Waals surface area contributed by atoms with Gasteiger partial charge in [0.15, 0.2) is 0 Å². The van der Waals surface area contributed by atoms with Gasteiger partial charge in [-0.2, -0.15) is 4.72 Å². The maximum Gasteiger partial charge on any atom is 0.270 e. The summed E-state index contributed by atoms with van der Waals surface area (Å²) in [6.45, 7) is 3.63. The molecule has 0 aliphatic heterocycles. The van der Waals surface area contributed by atoms with Gasteiger partial charge >= 0.3 is 0 Å². The van der Waals surface area contributed by atoms with Gasteiger partial charge in [-0.3, -0.25) is 4.79 Å². The van der Waals surface area contributed by atoms with Crippen LogP contribution in [0.15, 0.2) is 58.9 Å². The third-order valence-corrected chi connectivity index (χ3v) is 6.74. The molecule has 0 saturated heterocycles. The van der Waals surface area contributed by atoms with E-state index in [1.54, 1.807) is 6.92 Å². The van der Waals surface area contributed by atoms with Crippen molar-refractivity contribution in [3.63, 3.8) is 0 Å². The molecule has 146 valence electrons. The number of anilines is 1. The zero-order chi connectivity index (χ0) is 20.1. The van der Waals surface area contributed by atoms with Crippen LogP contribution in [0.25, 0.3) is 0 Å². The second-order valence-electron chi connectivity index (χ2n) is 6.10. The lowest BCUT2D eigenvalue weighted by molar-refractivity contribution is -0.115. The van der Waals surface area contributed by atoms with Crippen molar-refractivity contribution >= 4 is 32.4 Å². The molecule has 3 rings (SSSR count). The number of rotatable bonds is 7. The van der Waals surface area contributed by atoms with Gasteiger partial charge < -0.3 is 5.32 Å². The van der Waals surface area contributed by atoms with Crippen LogP contribution in [0.2, 0.25) is 0 Å². The molecule has 0 spiro atoms. The molecule has 2 N–H and O–H groups in total. The maximum atomic E-state index is 13.0. The van der Waals surface area contributed by atoms with Gasteiger partial charge in [0.1, 0.15) is 0 Å². The number of sulfonamides is 1. The van der Waals surface area contributed by atoms with Crippen LogP contribution >= 0.6 is 11.3 Å². The number of hydrogen-bond donors (Lipinski definition) is 2. The minimum absolute atomic E-state index is 0.152. The van der Waals surface area contributed by atoms with Crippen LogP contribution in [0.1, 0.15) is 36.1 Å². The van der Waals surface area contributed by atoms with Crippen LogP contribution in [0, 0.1) is 6.92 Å². The fourth-order valence-electron chi connectivity index (χ4n) is 2.65. The Morgan fingerprint density at radius 3 is 2.43 bits per heavy atom. The fourth-order valence-corrected chi connectivity index (χ4v) is 4.79. The first-order valence-corrected chi connectivity index (χ1v) is 11.0. The highest BCUT2D eigenvalue weighted by Gasteiger charge is 2.27. The summed E-state index contributed by atoms with van der Waals surface area (Å²) in [5.41, 5.74) is 2.62. The highest BCUT2D eigenvalue weighted by molar-refractivity contribution is 7.91. The van der Waals surface area contributed by atoms with E-state index in [0.717, 1.165) is 28.0 Å². The van der Waals surface area contributed by atoms with Gasteiger partial charge in [0.2, 0.25) is 15.4 Å². The average Bonchev–Trinajstić information content (AvgIpc) is 3.17. The summed E-state index contributed by atoms with van der Waals surface area (Å²) in [5, 5.41) is 10.2. The second kappa shape index (κ2) is 8.59. The van der Waals surface area contributed by atoms with Gasteiger partial charge in [-0.05, 0) is 23.6 Å². The molecular weight excluding hydrogens is 396 g/mol. The van der Waals surface area contributed by atoms with E-state index in [0.29, 0.717) is 0 Å². The van der Waals surface area contributed by atoms with Crippen molar-refractivity contribution in [1.82, 2.24) is 14.9 Å². The molecule has 2 aromatic carbocycles. The molecule has 1 aromatic heterocycles. The summed E-state index contributed by atoms with van der Waals surface area (Å²) in [4.78, 5) is 11.5. The van der Waals surface area contributed by atoms with Crippen molar-refractivity contribution < 1.29 is 13.2 Å². The highest BCUT2D eigenvalue weighted by atomic mass is 32.2. The number of amides is 1. The average molecular weight is 417 g/mol. The third-order valence-electron chi connectivity index (χ3n) is 4.11. The number of nitrogens with zero attached hydrogens (tertiary/aromatic N) is 2. The highest BCUT2D eigenvalue weighted by Crippen LogP contribution is 2.28. The number of nitrogens with one attached hydrogen (secondary N) is 2. The number of carbonyl (C=O) groups excluding carboxylic acids is 1. The number of aromatic nitrogens is 2. The molecule has 0 unspecified atom stereocenters. The molecule has 1 atom stereocenters. The Morgan fingerprint density at radius 2 is 1.75 bits per heavy atom. The molecule has 0 bridgehead atoms. The summed E-state index contributed by atoms with van der Waals surface area (Å²) >= 11 is 0.815. The minimum atomic E-state index is -3.95. The number of benzene rings is 2. The minimum Gasteiger partial charge on any atom is -0.301 e. The molecule has 0 radical (unpaired) electrons. The monoisotopic (exact) mass is 416 g/mol. The van der Waals surface area contributed by atoms with Crippen molar-refractivity contribution in [1.29, 1.82) is 0 Å². The van der Waals surface area contributed by atoms with Crippen LogP contribution in [-0.2, 0) is 14.8 Å². The molecule has 1 amide bonds. The smallest absolute Gasteiger partial charge is 0.270 e. The molecule has 0 fully saturated rings. The lowest BCUT2D eigenvalue weighted by atomic mass is 9.96. The van der Waals surface area contributed by atoms with Crippen molar-refractivity contribution in [2.75, 3.05) is 5.32 Å². The standard InChI is InChI=1S/C19H20N4O3S2/c1-3-16(24)20-18-21-22-19(27-18)28(25,26)23-17(14-10-5-4-6-11-14)15-12-8-7-9-13(15)2/h4-12,17,23H,3H2,1-2H3,(H,20,21,24)/t17-/m1/s1. The van der Waals surface area contributed by atoms with Crippen LogP contribution in [0.5, 0.6) is 0 Å². The van der Waals surface area contributed by atoms with E-state index in [-0.39, 0.29) is 21.8 Å². The molecule has 1 heterocycles. The lowest BCUT2D eigenvalue weighted by Gasteiger charge is -2.20. The summed E-state index contributed by atoms with van der Waals surface area (Å²) in [6.07, 6.45) is 0.267. The quantitative estimate of drug-likeness (QED) is 0.576. The van der Waals surface area contributed by atoms with E-state index in [1.807, 2.05) is 61.5 Å². The molecule has 0 aliphatic rings. The van der Waals surface area contributed by atoms with Crippen LogP contribution < -0.4 is 10.0 Å². The zero-order valence-corrected chi connectivity index (χ0v) is 17.0. The zero-order valence-electron chi connectivity index (χ0n) is 15.4. The Balaban J connectivity index is 1.94.